The molecule has 3 heteroatoms. The van der Waals surface area contributed by atoms with Gasteiger partial charge in [-0.1, -0.05) is 23.7 Å². The minimum Gasteiger partial charge on any atom is -0.367 e. The molecule has 1 unspecified atom stereocenters. The van der Waals surface area contributed by atoms with Crippen LogP contribution in [-0.4, -0.2) is 18.6 Å². The number of anilines is 1. The summed E-state index contributed by atoms with van der Waals surface area (Å²) in [6.07, 6.45) is 6.31. The van der Waals surface area contributed by atoms with Gasteiger partial charge in [-0.25, -0.2) is 0 Å². The van der Waals surface area contributed by atoms with Gasteiger partial charge in [-0.05, 0) is 56.6 Å². The zero-order valence-electron chi connectivity index (χ0n) is 11.6. The quantitative estimate of drug-likeness (QED) is 0.861. The molecule has 3 rings (SSSR count). The summed E-state index contributed by atoms with van der Waals surface area (Å²) in [6.45, 7) is 3.24. The largest absolute Gasteiger partial charge is 0.367 e. The molecule has 1 aromatic carbocycles. The number of hydrogen-bond acceptors (Lipinski definition) is 2. The fourth-order valence-electron chi connectivity index (χ4n) is 2.78. The van der Waals surface area contributed by atoms with Crippen LogP contribution in [0.1, 0.15) is 38.2 Å². The zero-order chi connectivity index (χ0) is 13.4. The second-order valence-corrected chi connectivity index (χ2v) is 6.66. The summed E-state index contributed by atoms with van der Waals surface area (Å²) < 4.78 is 0. The Bertz CT molecular complexity index is 450. The standard InChI is InChI=1S/C16H23ClN2/c1-11(18)9-13-3-2-4-15(17)16(13)19(14-7-8-14)10-12-5-6-12/h2-4,11-12,14H,5-10,18H2,1H3. The molecule has 2 aliphatic carbocycles. The Morgan fingerprint density at radius 1 is 1.32 bits per heavy atom. The average molecular weight is 279 g/mol. The lowest BCUT2D eigenvalue weighted by Crippen LogP contribution is -2.30. The Labute approximate surface area is 120 Å². The minimum absolute atomic E-state index is 0.180. The molecule has 1 atom stereocenters. The molecule has 1 aromatic rings. The highest BCUT2D eigenvalue weighted by atomic mass is 35.5. The Hall–Kier alpha value is -0.730. The lowest BCUT2D eigenvalue weighted by Gasteiger charge is -2.29. The summed E-state index contributed by atoms with van der Waals surface area (Å²) >= 11 is 6.50. The van der Waals surface area contributed by atoms with E-state index in [0.29, 0.717) is 6.04 Å². The van der Waals surface area contributed by atoms with E-state index in [2.05, 4.69) is 17.9 Å². The second kappa shape index (κ2) is 5.34. The minimum atomic E-state index is 0.180. The van der Waals surface area contributed by atoms with Crippen molar-refractivity contribution in [2.75, 3.05) is 11.4 Å². The lowest BCUT2D eigenvalue weighted by atomic mass is 10.0. The summed E-state index contributed by atoms with van der Waals surface area (Å²) in [5.41, 5.74) is 8.56. The van der Waals surface area contributed by atoms with E-state index in [1.54, 1.807) is 0 Å². The molecule has 2 saturated carbocycles. The van der Waals surface area contributed by atoms with E-state index in [9.17, 15) is 0 Å². The number of rotatable bonds is 6. The number of halogens is 1. The van der Waals surface area contributed by atoms with Crippen molar-refractivity contribution in [1.29, 1.82) is 0 Å². The third-order valence-electron chi connectivity index (χ3n) is 4.04. The van der Waals surface area contributed by atoms with Gasteiger partial charge < -0.3 is 10.6 Å². The van der Waals surface area contributed by atoms with E-state index in [1.165, 1.54) is 43.5 Å². The van der Waals surface area contributed by atoms with E-state index in [1.807, 2.05) is 12.1 Å². The molecule has 0 aliphatic heterocycles. The molecular formula is C16H23ClN2. The van der Waals surface area contributed by atoms with Crippen molar-refractivity contribution in [3.63, 3.8) is 0 Å². The molecule has 0 saturated heterocycles. The summed E-state index contributed by atoms with van der Waals surface area (Å²) in [7, 11) is 0. The van der Waals surface area contributed by atoms with Crippen LogP contribution in [0.2, 0.25) is 5.02 Å². The molecule has 0 aromatic heterocycles. The predicted octanol–water partition coefficient (Wildman–Crippen LogP) is 3.61. The monoisotopic (exact) mass is 278 g/mol. The summed E-state index contributed by atoms with van der Waals surface area (Å²) in [5.74, 6) is 0.889. The van der Waals surface area contributed by atoms with E-state index in [4.69, 9.17) is 17.3 Å². The number of nitrogens with two attached hydrogens (primary N) is 1. The molecule has 0 heterocycles. The molecule has 0 bridgehead atoms. The Balaban J connectivity index is 1.90. The number of para-hydroxylation sites is 1. The summed E-state index contributed by atoms with van der Waals surface area (Å²) in [4.78, 5) is 2.57. The number of hydrogen-bond donors (Lipinski definition) is 1. The topological polar surface area (TPSA) is 29.3 Å². The van der Waals surface area contributed by atoms with E-state index in [-0.39, 0.29) is 6.04 Å². The summed E-state index contributed by atoms with van der Waals surface area (Å²) in [6, 6.07) is 7.15. The number of nitrogens with zero attached hydrogens (tertiary/aromatic N) is 1. The summed E-state index contributed by atoms with van der Waals surface area (Å²) in [5, 5.41) is 0.894. The van der Waals surface area contributed by atoms with Gasteiger partial charge in [0, 0.05) is 18.6 Å². The van der Waals surface area contributed by atoms with E-state index < -0.39 is 0 Å². The SMILES string of the molecule is CC(N)Cc1cccc(Cl)c1N(CC1CC1)C1CC1. The zero-order valence-corrected chi connectivity index (χ0v) is 12.4. The van der Waals surface area contributed by atoms with Crippen molar-refractivity contribution in [3.05, 3.63) is 28.8 Å². The van der Waals surface area contributed by atoms with Crippen molar-refractivity contribution in [2.45, 2.75) is 51.1 Å². The van der Waals surface area contributed by atoms with Crippen LogP contribution in [0.4, 0.5) is 5.69 Å². The van der Waals surface area contributed by atoms with Crippen molar-refractivity contribution in [3.8, 4) is 0 Å². The maximum atomic E-state index is 6.50. The van der Waals surface area contributed by atoms with Crippen molar-refractivity contribution in [2.24, 2.45) is 11.7 Å². The highest BCUT2D eigenvalue weighted by Crippen LogP contribution is 2.41. The third-order valence-corrected chi connectivity index (χ3v) is 4.34. The fourth-order valence-corrected chi connectivity index (χ4v) is 3.08. The van der Waals surface area contributed by atoms with Gasteiger partial charge in [-0.3, -0.25) is 0 Å². The van der Waals surface area contributed by atoms with Crippen LogP contribution in [-0.2, 0) is 6.42 Å². The maximum Gasteiger partial charge on any atom is 0.0642 e. The number of benzene rings is 1. The normalized spacial score (nSPS) is 20.4. The van der Waals surface area contributed by atoms with Gasteiger partial charge in [0.2, 0.25) is 0 Å². The van der Waals surface area contributed by atoms with Crippen molar-refractivity contribution < 1.29 is 0 Å². The molecule has 2 aliphatic rings. The van der Waals surface area contributed by atoms with Crippen molar-refractivity contribution in [1.82, 2.24) is 0 Å². The van der Waals surface area contributed by atoms with Crippen molar-refractivity contribution >= 4 is 17.3 Å². The Morgan fingerprint density at radius 2 is 2.05 bits per heavy atom. The van der Waals surface area contributed by atoms with Gasteiger partial charge in [0.1, 0.15) is 0 Å². The lowest BCUT2D eigenvalue weighted by molar-refractivity contribution is 0.699. The van der Waals surface area contributed by atoms with Crippen LogP contribution in [0.5, 0.6) is 0 Å². The van der Waals surface area contributed by atoms with E-state index >= 15 is 0 Å². The second-order valence-electron chi connectivity index (χ2n) is 6.26. The Kier molecular flexibility index (Phi) is 3.72. The molecular weight excluding hydrogens is 256 g/mol. The molecule has 104 valence electrons. The molecule has 19 heavy (non-hydrogen) atoms. The first-order valence-corrected chi connectivity index (χ1v) is 7.82. The average Bonchev–Trinajstić information content (AvgIpc) is 3.21. The highest BCUT2D eigenvalue weighted by molar-refractivity contribution is 6.33. The molecule has 2 N–H and O–H groups in total. The highest BCUT2D eigenvalue weighted by Gasteiger charge is 2.35. The van der Waals surface area contributed by atoms with E-state index in [0.717, 1.165) is 17.4 Å². The first-order chi connectivity index (χ1) is 9.15. The fraction of sp³-hybridized carbons (Fsp3) is 0.625. The van der Waals surface area contributed by atoms with Crippen LogP contribution >= 0.6 is 11.6 Å². The molecule has 0 spiro atoms. The van der Waals surface area contributed by atoms with Crippen LogP contribution in [0.15, 0.2) is 18.2 Å². The van der Waals surface area contributed by atoms with Gasteiger partial charge in [0.15, 0.2) is 0 Å². The van der Waals surface area contributed by atoms with Gasteiger partial charge >= 0.3 is 0 Å². The molecule has 0 radical (unpaired) electrons. The smallest absolute Gasteiger partial charge is 0.0642 e. The Morgan fingerprint density at radius 3 is 2.63 bits per heavy atom. The van der Waals surface area contributed by atoms with Crippen LogP contribution in [0.25, 0.3) is 0 Å². The molecule has 0 amide bonds. The third kappa shape index (κ3) is 3.24. The van der Waals surface area contributed by atoms with Gasteiger partial charge in [-0.2, -0.15) is 0 Å². The van der Waals surface area contributed by atoms with Gasteiger partial charge in [-0.15, -0.1) is 0 Å². The van der Waals surface area contributed by atoms with Crippen LogP contribution < -0.4 is 10.6 Å². The first-order valence-electron chi connectivity index (χ1n) is 7.44. The maximum absolute atomic E-state index is 6.50. The first kappa shape index (κ1) is 13.3. The predicted molar refractivity (Wildman–Crippen MR) is 81.9 cm³/mol. The van der Waals surface area contributed by atoms with Crippen LogP contribution in [0, 0.1) is 5.92 Å². The van der Waals surface area contributed by atoms with Gasteiger partial charge in [0.25, 0.3) is 0 Å². The van der Waals surface area contributed by atoms with Crippen LogP contribution in [0.3, 0.4) is 0 Å². The van der Waals surface area contributed by atoms with Gasteiger partial charge in [0.05, 0.1) is 10.7 Å². The molecule has 2 fully saturated rings. The molecule has 2 nitrogen and oxygen atoms in total.